The number of Topliss-reactive ketones (excluding diaryl/α,β-unsaturated/α-hetero) is 1. The van der Waals surface area contributed by atoms with Gasteiger partial charge >= 0.3 is 6.18 Å². The number of halogens is 6. The van der Waals surface area contributed by atoms with Crippen LogP contribution in [-0.2, 0) is 15.2 Å². The van der Waals surface area contributed by atoms with Gasteiger partial charge in [0.05, 0.1) is 15.8 Å². The van der Waals surface area contributed by atoms with E-state index in [9.17, 15) is 27.2 Å². The van der Waals surface area contributed by atoms with E-state index in [1.807, 2.05) is 0 Å². The second kappa shape index (κ2) is 10.3. The van der Waals surface area contributed by atoms with Crippen molar-refractivity contribution in [3.05, 3.63) is 81.1 Å². The summed E-state index contributed by atoms with van der Waals surface area (Å²) >= 11 is 11.9. The highest BCUT2D eigenvalue weighted by Gasteiger charge is 2.38. The number of carbonyl (C=O) groups is 2. The van der Waals surface area contributed by atoms with Crippen LogP contribution in [0.1, 0.15) is 47.7 Å². The third-order valence-electron chi connectivity index (χ3n) is 6.06. The number of ketones is 1. The quantitative estimate of drug-likeness (QED) is 0.195. The van der Waals surface area contributed by atoms with Crippen LogP contribution in [-0.4, -0.2) is 30.1 Å². The van der Waals surface area contributed by atoms with Gasteiger partial charge in [-0.15, -0.1) is 0 Å². The molecule has 0 saturated heterocycles. The third kappa shape index (κ3) is 5.88. The minimum absolute atomic E-state index is 0.138. The van der Waals surface area contributed by atoms with Gasteiger partial charge in [-0.25, -0.2) is 4.39 Å². The van der Waals surface area contributed by atoms with Crippen molar-refractivity contribution in [1.29, 1.82) is 0 Å². The summed E-state index contributed by atoms with van der Waals surface area (Å²) in [6, 6.07) is 13.3. The van der Waals surface area contributed by atoms with E-state index in [-0.39, 0.29) is 28.7 Å². The van der Waals surface area contributed by atoms with Gasteiger partial charge in [0.25, 0.3) is 0 Å². The first-order valence-corrected chi connectivity index (χ1v) is 11.9. The van der Waals surface area contributed by atoms with Crippen LogP contribution in [0.3, 0.4) is 0 Å². The largest absolute Gasteiger partial charge is 0.405 e. The Balaban J connectivity index is 1.55. The van der Waals surface area contributed by atoms with Crippen molar-refractivity contribution in [2.75, 3.05) is 6.54 Å². The molecule has 0 aromatic heterocycles. The molecule has 1 aliphatic heterocycles. The monoisotopic (exact) mass is 554 g/mol. The average molecular weight is 555 g/mol. The van der Waals surface area contributed by atoms with Crippen LogP contribution >= 0.6 is 23.2 Å². The fourth-order valence-electron chi connectivity index (χ4n) is 4.14. The number of hydrogen-bond acceptors (Lipinski definition) is 4. The molecule has 0 radical (unpaired) electrons. The maximum Gasteiger partial charge on any atom is 0.405 e. The molecule has 0 aliphatic carbocycles. The van der Waals surface area contributed by atoms with Gasteiger partial charge in [-0.1, -0.05) is 64.8 Å². The van der Waals surface area contributed by atoms with E-state index in [2.05, 4.69) is 5.16 Å². The molecular formula is C26H20Cl2F4N2O3. The SMILES string of the molecule is C[C@@]1(c2cc(Cl)c(F)c(Cl)c2)CC(c2ccc(C(=O)CCC(=O)NCC(F)(F)F)c3ccccc23)=NO1. The maximum absolute atomic E-state index is 13.9. The van der Waals surface area contributed by atoms with Gasteiger partial charge < -0.3 is 10.2 Å². The molecule has 3 aromatic carbocycles. The standard InChI is InChI=1S/C26H20Cl2F4N2O3/c1-25(14-10-19(27)24(29)20(28)11-14)12-21(34-37-25)17-6-7-18(16-5-3-2-4-15(16)17)22(35)8-9-23(36)33-13-26(30,31)32/h2-7,10-11H,8-9,12-13H2,1H3,(H,33,36)/t25-/m0/s1. The molecular weight excluding hydrogens is 535 g/mol. The van der Waals surface area contributed by atoms with Crippen molar-refractivity contribution in [2.24, 2.45) is 5.16 Å². The molecule has 37 heavy (non-hydrogen) atoms. The number of nitrogens with zero attached hydrogens (tertiary/aromatic N) is 1. The molecule has 0 saturated carbocycles. The average Bonchev–Trinajstić information content (AvgIpc) is 3.26. The maximum atomic E-state index is 13.9. The number of alkyl halides is 3. The Morgan fingerprint density at radius 2 is 1.70 bits per heavy atom. The zero-order valence-electron chi connectivity index (χ0n) is 19.4. The molecule has 1 aliphatic rings. The van der Waals surface area contributed by atoms with Gasteiger partial charge in [0.1, 0.15) is 6.54 Å². The minimum atomic E-state index is -4.52. The van der Waals surface area contributed by atoms with E-state index < -0.39 is 30.0 Å². The Bertz CT molecular complexity index is 1400. The fourth-order valence-corrected chi connectivity index (χ4v) is 4.63. The van der Waals surface area contributed by atoms with E-state index in [1.165, 1.54) is 12.1 Å². The highest BCUT2D eigenvalue weighted by atomic mass is 35.5. The topological polar surface area (TPSA) is 67.8 Å². The minimum Gasteiger partial charge on any atom is -0.384 e. The first kappa shape index (κ1) is 26.9. The summed E-state index contributed by atoms with van der Waals surface area (Å²) in [7, 11) is 0. The molecule has 1 amide bonds. The Morgan fingerprint density at radius 3 is 2.35 bits per heavy atom. The highest BCUT2D eigenvalue weighted by molar-refractivity contribution is 6.35. The summed E-state index contributed by atoms with van der Waals surface area (Å²) in [6.07, 6.45) is -4.83. The Labute approximate surface area is 219 Å². The van der Waals surface area contributed by atoms with Crippen molar-refractivity contribution in [1.82, 2.24) is 5.32 Å². The molecule has 11 heteroatoms. The first-order valence-electron chi connectivity index (χ1n) is 11.2. The predicted molar refractivity (Wildman–Crippen MR) is 133 cm³/mol. The lowest BCUT2D eigenvalue weighted by Gasteiger charge is -2.22. The van der Waals surface area contributed by atoms with E-state index >= 15 is 0 Å². The predicted octanol–water partition coefficient (Wildman–Crippen LogP) is 6.97. The fraction of sp³-hybridized carbons (Fsp3) is 0.269. The highest BCUT2D eigenvalue weighted by Crippen LogP contribution is 2.40. The first-order chi connectivity index (χ1) is 17.4. The van der Waals surface area contributed by atoms with Crippen LogP contribution in [0.2, 0.25) is 10.0 Å². The van der Waals surface area contributed by atoms with Crippen molar-refractivity contribution in [2.45, 2.75) is 38.0 Å². The number of rotatable bonds is 7. The lowest BCUT2D eigenvalue weighted by atomic mass is 9.86. The van der Waals surface area contributed by atoms with Crippen LogP contribution in [0.15, 0.2) is 53.7 Å². The molecule has 194 valence electrons. The summed E-state index contributed by atoms with van der Waals surface area (Å²) < 4.78 is 50.8. The second-order valence-corrected chi connectivity index (χ2v) is 9.63. The normalized spacial score (nSPS) is 17.4. The molecule has 1 N–H and O–H groups in total. The molecule has 4 rings (SSSR count). The smallest absolute Gasteiger partial charge is 0.384 e. The number of amides is 1. The van der Waals surface area contributed by atoms with Gasteiger partial charge in [-0.2, -0.15) is 13.2 Å². The molecule has 1 heterocycles. The third-order valence-corrected chi connectivity index (χ3v) is 6.61. The zero-order valence-corrected chi connectivity index (χ0v) is 20.9. The molecule has 0 bridgehead atoms. The van der Waals surface area contributed by atoms with Gasteiger partial charge in [0.15, 0.2) is 17.2 Å². The summed E-state index contributed by atoms with van der Waals surface area (Å²) in [4.78, 5) is 30.3. The van der Waals surface area contributed by atoms with E-state index in [0.29, 0.717) is 39.6 Å². The van der Waals surface area contributed by atoms with Crippen molar-refractivity contribution < 1.29 is 32.0 Å². The molecule has 0 fully saturated rings. The molecule has 0 spiro atoms. The van der Waals surface area contributed by atoms with Crippen LogP contribution in [0.25, 0.3) is 10.8 Å². The number of fused-ring (bicyclic) bond motifs is 1. The summed E-state index contributed by atoms with van der Waals surface area (Å²) in [5.41, 5.74) is 1.21. The van der Waals surface area contributed by atoms with Crippen LogP contribution < -0.4 is 5.32 Å². The molecule has 0 unspecified atom stereocenters. The Kier molecular flexibility index (Phi) is 7.48. The molecule has 1 atom stereocenters. The van der Waals surface area contributed by atoms with Gasteiger partial charge in [-0.3, -0.25) is 9.59 Å². The summed E-state index contributed by atoms with van der Waals surface area (Å²) in [6.45, 7) is 0.324. The second-order valence-electron chi connectivity index (χ2n) is 8.81. The number of oxime groups is 1. The number of carbonyl (C=O) groups excluding carboxylic acids is 2. The van der Waals surface area contributed by atoms with Crippen LogP contribution in [0, 0.1) is 5.82 Å². The van der Waals surface area contributed by atoms with Crippen molar-refractivity contribution in [3.63, 3.8) is 0 Å². The zero-order chi connectivity index (χ0) is 27.0. The van der Waals surface area contributed by atoms with Gasteiger partial charge in [0.2, 0.25) is 5.91 Å². The van der Waals surface area contributed by atoms with Crippen LogP contribution in [0.5, 0.6) is 0 Å². The number of nitrogens with one attached hydrogen (secondary N) is 1. The van der Waals surface area contributed by atoms with E-state index in [1.54, 1.807) is 48.6 Å². The van der Waals surface area contributed by atoms with Crippen LogP contribution in [0.4, 0.5) is 17.6 Å². The lowest BCUT2D eigenvalue weighted by Crippen LogP contribution is -2.33. The number of hydrogen-bond donors (Lipinski definition) is 1. The van der Waals surface area contributed by atoms with Gasteiger partial charge in [-0.05, 0) is 29.8 Å². The van der Waals surface area contributed by atoms with E-state index in [0.717, 1.165) is 0 Å². The van der Waals surface area contributed by atoms with E-state index in [4.69, 9.17) is 28.0 Å². The van der Waals surface area contributed by atoms with Crippen molar-refractivity contribution in [3.8, 4) is 0 Å². The summed E-state index contributed by atoms with van der Waals surface area (Å²) in [5.74, 6) is -1.96. The lowest BCUT2D eigenvalue weighted by molar-refractivity contribution is -0.138. The van der Waals surface area contributed by atoms with Crippen molar-refractivity contribution >= 4 is 51.4 Å². The number of benzene rings is 3. The Hall–Kier alpha value is -3.17. The summed E-state index contributed by atoms with van der Waals surface area (Å²) in [5, 5.41) is 7.04. The van der Waals surface area contributed by atoms with Gasteiger partial charge in [0, 0.05) is 36.0 Å². The Morgan fingerprint density at radius 1 is 1.05 bits per heavy atom. The molecule has 5 nitrogen and oxygen atoms in total. The molecule has 3 aromatic rings.